The number of hydrogen-bond acceptors (Lipinski definition) is 4. The summed E-state index contributed by atoms with van der Waals surface area (Å²) in [6.07, 6.45) is -2.44. The van der Waals surface area contributed by atoms with Gasteiger partial charge in [-0.3, -0.25) is 0 Å². The van der Waals surface area contributed by atoms with Gasteiger partial charge in [-0.2, -0.15) is 13.2 Å². The molecule has 1 atom stereocenters. The van der Waals surface area contributed by atoms with Gasteiger partial charge in [0.05, 0.1) is 6.20 Å². The van der Waals surface area contributed by atoms with E-state index in [9.17, 15) is 13.2 Å². The molecule has 3 rings (SSSR count). The van der Waals surface area contributed by atoms with Crippen molar-refractivity contribution >= 4 is 18.1 Å². The average Bonchev–Trinajstić information content (AvgIpc) is 2.94. The molecule has 1 unspecified atom stereocenters. The summed E-state index contributed by atoms with van der Waals surface area (Å²) in [4.78, 5) is 5.53. The number of halogens is 4. The third kappa shape index (κ3) is 4.30. The lowest BCUT2D eigenvalue weighted by atomic mass is 10.2. The molecule has 0 radical (unpaired) electrons. The van der Waals surface area contributed by atoms with Gasteiger partial charge in [-0.25, -0.2) is 4.98 Å². The quantitative estimate of drug-likeness (QED) is 0.904. The zero-order valence-electron chi connectivity index (χ0n) is 12.7. The van der Waals surface area contributed by atoms with Gasteiger partial charge in [-0.1, -0.05) is 6.07 Å². The Morgan fingerprint density at radius 1 is 1.17 bits per heavy atom. The first-order valence-corrected chi connectivity index (χ1v) is 7.23. The fourth-order valence-corrected chi connectivity index (χ4v) is 2.51. The molecule has 0 spiro atoms. The van der Waals surface area contributed by atoms with Crippen LogP contribution < -0.4 is 15.4 Å². The first kappa shape index (κ1) is 18.4. The van der Waals surface area contributed by atoms with E-state index in [1.165, 1.54) is 6.07 Å². The number of pyridine rings is 1. The molecule has 1 fully saturated rings. The van der Waals surface area contributed by atoms with Crippen LogP contribution in [0.2, 0.25) is 0 Å². The number of ether oxygens (including phenoxy) is 1. The largest absolute Gasteiger partial charge is 0.456 e. The number of alkyl halides is 3. The standard InChI is InChI=1S/C16H16F3N3O.ClH/c17-16(18,19)15-5-4-14(9-21-15)23-13-3-1-2-12(8-13)22-7-6-11(20)10-22;/h1-5,8-9,11H,6-7,10,20H2;1H. The molecule has 2 aromatic rings. The predicted molar refractivity (Wildman–Crippen MR) is 87.8 cm³/mol. The zero-order valence-corrected chi connectivity index (χ0v) is 13.5. The molecule has 1 aliphatic heterocycles. The molecule has 0 amide bonds. The van der Waals surface area contributed by atoms with Gasteiger partial charge in [0, 0.05) is 30.9 Å². The minimum Gasteiger partial charge on any atom is -0.456 e. The first-order valence-electron chi connectivity index (χ1n) is 7.23. The van der Waals surface area contributed by atoms with E-state index in [2.05, 4.69) is 9.88 Å². The molecule has 2 N–H and O–H groups in total. The smallest absolute Gasteiger partial charge is 0.433 e. The van der Waals surface area contributed by atoms with E-state index < -0.39 is 11.9 Å². The number of rotatable bonds is 3. The van der Waals surface area contributed by atoms with Crippen molar-refractivity contribution in [3.63, 3.8) is 0 Å². The summed E-state index contributed by atoms with van der Waals surface area (Å²) in [5.41, 5.74) is 5.94. The van der Waals surface area contributed by atoms with Crippen molar-refractivity contribution in [1.82, 2.24) is 4.98 Å². The van der Waals surface area contributed by atoms with Crippen molar-refractivity contribution in [3.05, 3.63) is 48.3 Å². The third-order valence-corrected chi connectivity index (χ3v) is 3.67. The summed E-state index contributed by atoms with van der Waals surface area (Å²) in [7, 11) is 0. The zero-order chi connectivity index (χ0) is 16.4. The van der Waals surface area contributed by atoms with E-state index >= 15 is 0 Å². The Hall–Kier alpha value is -1.99. The number of nitrogens with two attached hydrogens (primary N) is 1. The molecule has 4 nitrogen and oxygen atoms in total. The van der Waals surface area contributed by atoms with Gasteiger partial charge in [0.2, 0.25) is 0 Å². The molecule has 0 bridgehead atoms. The lowest BCUT2D eigenvalue weighted by Crippen LogP contribution is -2.26. The second-order valence-corrected chi connectivity index (χ2v) is 5.47. The van der Waals surface area contributed by atoms with Gasteiger partial charge in [0.25, 0.3) is 0 Å². The van der Waals surface area contributed by atoms with Gasteiger partial charge in [0.1, 0.15) is 17.2 Å². The molecule has 0 aliphatic carbocycles. The minimum atomic E-state index is -4.45. The van der Waals surface area contributed by atoms with Crippen LogP contribution in [0.1, 0.15) is 12.1 Å². The minimum absolute atomic E-state index is 0. The Morgan fingerprint density at radius 2 is 1.96 bits per heavy atom. The lowest BCUT2D eigenvalue weighted by molar-refractivity contribution is -0.141. The predicted octanol–water partition coefficient (Wildman–Crippen LogP) is 3.85. The Bertz CT molecular complexity index is 679. The van der Waals surface area contributed by atoms with Crippen LogP contribution in [-0.4, -0.2) is 24.1 Å². The van der Waals surface area contributed by atoms with Gasteiger partial charge in [0.15, 0.2) is 0 Å². The molecule has 24 heavy (non-hydrogen) atoms. The molecule has 1 aliphatic rings. The van der Waals surface area contributed by atoms with Crippen molar-refractivity contribution in [1.29, 1.82) is 0 Å². The maximum absolute atomic E-state index is 12.5. The van der Waals surface area contributed by atoms with E-state index in [-0.39, 0.29) is 24.2 Å². The van der Waals surface area contributed by atoms with Gasteiger partial charge in [-0.15, -0.1) is 12.4 Å². The van der Waals surface area contributed by atoms with Crippen molar-refractivity contribution in [3.8, 4) is 11.5 Å². The van der Waals surface area contributed by atoms with Crippen LogP contribution in [0, 0.1) is 0 Å². The van der Waals surface area contributed by atoms with Crippen LogP contribution in [0.25, 0.3) is 0 Å². The lowest BCUT2D eigenvalue weighted by Gasteiger charge is -2.18. The Morgan fingerprint density at radius 3 is 2.54 bits per heavy atom. The maximum atomic E-state index is 12.5. The van der Waals surface area contributed by atoms with Crippen LogP contribution in [-0.2, 0) is 6.18 Å². The monoisotopic (exact) mass is 359 g/mol. The van der Waals surface area contributed by atoms with E-state index in [1.807, 2.05) is 18.2 Å². The highest BCUT2D eigenvalue weighted by molar-refractivity contribution is 5.85. The molecular weight excluding hydrogens is 343 g/mol. The number of benzene rings is 1. The summed E-state index contributed by atoms with van der Waals surface area (Å²) < 4.78 is 43.0. The van der Waals surface area contributed by atoms with E-state index in [4.69, 9.17) is 10.5 Å². The van der Waals surface area contributed by atoms with Gasteiger partial charge in [-0.05, 0) is 30.7 Å². The van der Waals surface area contributed by atoms with Gasteiger partial charge >= 0.3 is 6.18 Å². The third-order valence-electron chi connectivity index (χ3n) is 3.67. The normalized spacial score (nSPS) is 17.5. The maximum Gasteiger partial charge on any atom is 0.433 e. The number of aromatic nitrogens is 1. The summed E-state index contributed by atoms with van der Waals surface area (Å²) in [6, 6.07) is 9.71. The van der Waals surface area contributed by atoms with E-state index in [0.29, 0.717) is 5.75 Å². The molecule has 1 aromatic carbocycles. The van der Waals surface area contributed by atoms with Crippen LogP contribution in [0.5, 0.6) is 11.5 Å². The number of nitrogens with zero attached hydrogens (tertiary/aromatic N) is 2. The average molecular weight is 360 g/mol. The number of hydrogen-bond donors (Lipinski definition) is 1. The number of anilines is 1. The fraction of sp³-hybridized carbons (Fsp3) is 0.312. The molecule has 8 heteroatoms. The summed E-state index contributed by atoms with van der Waals surface area (Å²) in [5, 5.41) is 0. The van der Waals surface area contributed by atoms with Gasteiger partial charge < -0.3 is 15.4 Å². The molecule has 2 heterocycles. The SMILES string of the molecule is Cl.NC1CCN(c2cccc(Oc3ccc(C(F)(F)F)nc3)c2)C1. The first-order chi connectivity index (χ1) is 10.9. The summed E-state index contributed by atoms with van der Waals surface area (Å²) in [6.45, 7) is 1.66. The van der Waals surface area contributed by atoms with E-state index in [0.717, 1.165) is 37.5 Å². The van der Waals surface area contributed by atoms with Crippen molar-refractivity contribution in [2.24, 2.45) is 5.73 Å². The Kier molecular flexibility index (Phi) is 5.56. The molecule has 130 valence electrons. The molecule has 1 saturated heterocycles. The molecular formula is C16H17ClF3N3O. The second-order valence-electron chi connectivity index (χ2n) is 5.47. The van der Waals surface area contributed by atoms with Crippen LogP contribution in [0.3, 0.4) is 0 Å². The Balaban J connectivity index is 0.00000208. The van der Waals surface area contributed by atoms with Crippen LogP contribution in [0.15, 0.2) is 42.6 Å². The summed E-state index contributed by atoms with van der Waals surface area (Å²) >= 11 is 0. The highest BCUT2D eigenvalue weighted by atomic mass is 35.5. The molecule has 0 saturated carbocycles. The van der Waals surface area contributed by atoms with E-state index in [1.54, 1.807) is 6.07 Å². The topological polar surface area (TPSA) is 51.4 Å². The summed E-state index contributed by atoms with van der Waals surface area (Å²) in [5.74, 6) is 0.804. The van der Waals surface area contributed by atoms with Crippen molar-refractivity contribution in [2.45, 2.75) is 18.6 Å². The van der Waals surface area contributed by atoms with Crippen molar-refractivity contribution in [2.75, 3.05) is 18.0 Å². The highest BCUT2D eigenvalue weighted by Gasteiger charge is 2.32. The fourth-order valence-electron chi connectivity index (χ4n) is 2.51. The second kappa shape index (κ2) is 7.27. The van der Waals surface area contributed by atoms with Crippen LogP contribution >= 0.6 is 12.4 Å². The van der Waals surface area contributed by atoms with Crippen molar-refractivity contribution < 1.29 is 17.9 Å². The highest BCUT2D eigenvalue weighted by Crippen LogP contribution is 2.30. The Labute approximate surface area is 143 Å². The molecule has 1 aromatic heterocycles. The van der Waals surface area contributed by atoms with Crippen LogP contribution in [0.4, 0.5) is 18.9 Å².